The largest absolute Gasteiger partial charge is 0.467 e. The fraction of sp³-hybridized carbons (Fsp3) is 0.206. The summed E-state index contributed by atoms with van der Waals surface area (Å²) in [7, 11) is 1.49. The molecule has 8 nitrogen and oxygen atoms in total. The summed E-state index contributed by atoms with van der Waals surface area (Å²) in [5.41, 5.74) is 4.93. The van der Waals surface area contributed by atoms with E-state index in [-0.39, 0.29) is 23.3 Å². The molecule has 0 unspecified atom stereocenters. The maximum Gasteiger partial charge on any atom is 0.316 e. The van der Waals surface area contributed by atoms with Gasteiger partial charge in [0.15, 0.2) is 5.16 Å². The number of carbonyl (C=O) groups excluding carboxylic acids is 1. The Morgan fingerprint density at radius 3 is 2.24 bits per heavy atom. The lowest BCUT2D eigenvalue weighted by Gasteiger charge is -2.14. The fourth-order valence-electron chi connectivity index (χ4n) is 4.56. The monoisotopic (exact) mass is 643 g/mol. The Balaban J connectivity index is 1.21. The Kier molecular flexibility index (Phi) is 10.9. The number of methoxy groups -OCH3 is 1. The molecule has 2 aromatic heterocycles. The SMILES string of the molecule is COc1ncc(Cc2cn(CCCC(=O)NCc3ccc(-c4ccc(Cl)cc4)cc3)c(SCc3ccc(F)cc3)nc2=O)cn1. The second-order valence-corrected chi connectivity index (χ2v) is 11.7. The highest BCUT2D eigenvalue weighted by atomic mass is 35.5. The first-order valence-corrected chi connectivity index (χ1v) is 15.7. The molecule has 0 aliphatic carbocycles. The van der Waals surface area contributed by atoms with E-state index in [4.69, 9.17) is 16.3 Å². The van der Waals surface area contributed by atoms with Gasteiger partial charge in [-0.2, -0.15) is 4.98 Å². The van der Waals surface area contributed by atoms with Crippen LogP contribution < -0.4 is 15.6 Å². The topological polar surface area (TPSA) is 99.0 Å². The zero-order chi connectivity index (χ0) is 31.6. The average molecular weight is 644 g/mol. The number of hydrogen-bond acceptors (Lipinski definition) is 7. The van der Waals surface area contributed by atoms with Gasteiger partial charge in [-0.1, -0.05) is 71.9 Å². The van der Waals surface area contributed by atoms with Crippen molar-refractivity contribution >= 4 is 29.3 Å². The first-order chi connectivity index (χ1) is 21.9. The van der Waals surface area contributed by atoms with Crippen LogP contribution in [0.15, 0.2) is 101 Å². The summed E-state index contributed by atoms with van der Waals surface area (Å²) >= 11 is 7.38. The van der Waals surface area contributed by atoms with Crippen molar-refractivity contribution in [2.45, 2.75) is 43.3 Å². The van der Waals surface area contributed by atoms with Gasteiger partial charge in [0.25, 0.3) is 5.56 Å². The molecule has 0 aliphatic rings. The minimum absolute atomic E-state index is 0.0677. The van der Waals surface area contributed by atoms with Crippen molar-refractivity contribution in [2.24, 2.45) is 0 Å². The van der Waals surface area contributed by atoms with Crippen LogP contribution in [0.3, 0.4) is 0 Å². The van der Waals surface area contributed by atoms with Crippen LogP contribution in [0.2, 0.25) is 5.02 Å². The normalized spacial score (nSPS) is 10.9. The molecular formula is C34H31ClFN5O3S. The van der Waals surface area contributed by atoms with Gasteiger partial charge in [-0.3, -0.25) is 9.59 Å². The molecule has 1 N–H and O–H groups in total. The second-order valence-electron chi connectivity index (χ2n) is 10.3. The molecule has 0 bridgehead atoms. The van der Waals surface area contributed by atoms with Crippen molar-refractivity contribution in [3.8, 4) is 17.1 Å². The summed E-state index contributed by atoms with van der Waals surface area (Å²) in [6, 6.07) is 22.2. The summed E-state index contributed by atoms with van der Waals surface area (Å²) in [4.78, 5) is 38.3. The van der Waals surface area contributed by atoms with Crippen LogP contribution in [0.4, 0.5) is 4.39 Å². The number of amides is 1. The van der Waals surface area contributed by atoms with E-state index in [1.165, 1.54) is 31.0 Å². The van der Waals surface area contributed by atoms with E-state index in [0.717, 1.165) is 27.8 Å². The lowest BCUT2D eigenvalue weighted by atomic mass is 10.0. The summed E-state index contributed by atoms with van der Waals surface area (Å²) < 4.78 is 20.3. The molecule has 0 radical (unpaired) electrons. The Morgan fingerprint density at radius 1 is 0.933 bits per heavy atom. The third kappa shape index (κ3) is 9.23. The van der Waals surface area contributed by atoms with Crippen molar-refractivity contribution in [3.63, 3.8) is 0 Å². The molecule has 5 rings (SSSR count). The van der Waals surface area contributed by atoms with E-state index in [1.54, 1.807) is 30.7 Å². The van der Waals surface area contributed by atoms with Crippen LogP contribution in [0.1, 0.15) is 35.1 Å². The molecule has 3 aromatic carbocycles. The smallest absolute Gasteiger partial charge is 0.316 e. The molecule has 0 fully saturated rings. The molecule has 5 aromatic rings. The maximum atomic E-state index is 13.4. The number of rotatable bonds is 13. The molecule has 0 saturated carbocycles. The van der Waals surface area contributed by atoms with Gasteiger partial charge in [-0.15, -0.1) is 0 Å². The summed E-state index contributed by atoms with van der Waals surface area (Å²) in [5, 5.41) is 4.21. The lowest BCUT2D eigenvalue weighted by molar-refractivity contribution is -0.121. The van der Waals surface area contributed by atoms with Gasteiger partial charge >= 0.3 is 6.01 Å². The molecule has 2 heterocycles. The minimum atomic E-state index is -0.344. The molecule has 1 amide bonds. The summed E-state index contributed by atoms with van der Waals surface area (Å²) in [6.45, 7) is 0.903. The molecule has 45 heavy (non-hydrogen) atoms. The Labute approximate surface area is 269 Å². The Hall–Kier alpha value is -4.54. The van der Waals surface area contributed by atoms with Crippen molar-refractivity contribution in [2.75, 3.05) is 7.11 Å². The molecule has 0 spiro atoms. The predicted molar refractivity (Wildman–Crippen MR) is 174 cm³/mol. The zero-order valence-corrected chi connectivity index (χ0v) is 26.2. The number of halogens is 2. The number of thioether (sulfide) groups is 1. The summed E-state index contributed by atoms with van der Waals surface area (Å²) in [6.07, 6.45) is 6.16. The van der Waals surface area contributed by atoms with Crippen LogP contribution in [0, 0.1) is 5.82 Å². The minimum Gasteiger partial charge on any atom is -0.467 e. The number of carbonyl (C=O) groups is 1. The standard InChI is InChI=1S/C34H31ClFN5O3S/c1-44-33-38-19-25(20-39-33)17-28-21-41(34(40-32(28)43)45-22-24-6-14-30(36)15-7-24)16-2-3-31(42)37-18-23-4-8-26(9-5-23)27-10-12-29(35)13-11-27/h4-15,19-21H,2-3,16-18,22H2,1H3,(H,37,42). The number of hydrogen-bond donors (Lipinski definition) is 1. The third-order valence-electron chi connectivity index (χ3n) is 6.99. The molecule has 0 saturated heterocycles. The summed E-state index contributed by atoms with van der Waals surface area (Å²) in [5.74, 6) is 0.135. The van der Waals surface area contributed by atoms with Crippen LogP contribution in [-0.2, 0) is 30.1 Å². The van der Waals surface area contributed by atoms with Crippen LogP contribution in [-0.4, -0.2) is 32.5 Å². The van der Waals surface area contributed by atoms with E-state index in [0.29, 0.717) is 53.8 Å². The molecule has 0 atom stereocenters. The van der Waals surface area contributed by atoms with Gasteiger partial charge in [0.2, 0.25) is 5.91 Å². The number of nitrogens with zero attached hydrogens (tertiary/aromatic N) is 4. The van der Waals surface area contributed by atoms with E-state index < -0.39 is 0 Å². The van der Waals surface area contributed by atoms with Gasteiger partial charge < -0.3 is 14.6 Å². The highest BCUT2D eigenvalue weighted by Gasteiger charge is 2.12. The van der Waals surface area contributed by atoms with E-state index in [9.17, 15) is 14.0 Å². The first-order valence-electron chi connectivity index (χ1n) is 14.3. The van der Waals surface area contributed by atoms with Gasteiger partial charge in [0.1, 0.15) is 5.82 Å². The quantitative estimate of drug-likeness (QED) is 0.116. The van der Waals surface area contributed by atoms with Crippen molar-refractivity contribution in [3.05, 3.63) is 135 Å². The number of ether oxygens (including phenoxy) is 1. The van der Waals surface area contributed by atoms with Crippen molar-refractivity contribution in [1.29, 1.82) is 0 Å². The van der Waals surface area contributed by atoms with Crippen LogP contribution >= 0.6 is 23.4 Å². The van der Waals surface area contributed by atoms with Gasteiger partial charge in [-0.05, 0) is 58.5 Å². The van der Waals surface area contributed by atoms with E-state index >= 15 is 0 Å². The molecule has 230 valence electrons. The van der Waals surface area contributed by atoms with Gasteiger partial charge in [-0.25, -0.2) is 14.4 Å². The second kappa shape index (κ2) is 15.5. The van der Waals surface area contributed by atoms with Gasteiger partial charge in [0, 0.05) is 60.9 Å². The third-order valence-corrected chi connectivity index (χ3v) is 8.31. The molecule has 11 heteroatoms. The number of aryl methyl sites for hydroxylation is 1. The van der Waals surface area contributed by atoms with Gasteiger partial charge in [0.05, 0.1) is 7.11 Å². The molecule has 0 aliphatic heterocycles. The van der Waals surface area contributed by atoms with Crippen LogP contribution in [0.25, 0.3) is 11.1 Å². The number of nitrogens with one attached hydrogen (secondary N) is 1. The lowest BCUT2D eigenvalue weighted by Crippen LogP contribution is -2.23. The Morgan fingerprint density at radius 2 is 1.58 bits per heavy atom. The number of aromatic nitrogens is 4. The highest BCUT2D eigenvalue weighted by molar-refractivity contribution is 7.98. The zero-order valence-electron chi connectivity index (χ0n) is 24.6. The van der Waals surface area contributed by atoms with E-state index in [2.05, 4.69) is 20.3 Å². The van der Waals surface area contributed by atoms with E-state index in [1.807, 2.05) is 53.1 Å². The Bertz CT molecular complexity index is 1780. The van der Waals surface area contributed by atoms with Crippen molar-refractivity contribution in [1.82, 2.24) is 24.8 Å². The predicted octanol–water partition coefficient (Wildman–Crippen LogP) is 6.48. The average Bonchev–Trinajstić information content (AvgIpc) is 3.06. The first kappa shape index (κ1) is 31.9. The molecular weight excluding hydrogens is 613 g/mol. The highest BCUT2D eigenvalue weighted by Crippen LogP contribution is 2.23. The maximum absolute atomic E-state index is 13.4. The fourth-order valence-corrected chi connectivity index (χ4v) is 5.63. The number of benzene rings is 3. The van der Waals surface area contributed by atoms with Crippen LogP contribution in [0.5, 0.6) is 6.01 Å². The van der Waals surface area contributed by atoms with Crippen molar-refractivity contribution < 1.29 is 13.9 Å².